The van der Waals surface area contributed by atoms with Crippen molar-refractivity contribution in [2.24, 2.45) is 0 Å². The molecule has 17 heteroatoms. The summed E-state index contributed by atoms with van der Waals surface area (Å²) in [4.78, 5) is 18.1. The smallest absolute Gasteiger partial charge is 0.245 e. The minimum atomic E-state index is -4.12. The van der Waals surface area contributed by atoms with Gasteiger partial charge in [0.15, 0.2) is 17.3 Å². The standard InChI is InChI=1S/C24H32FN9O6S/c1-14(2)40-16-8-17(12-33(11-16)23-26-9-15(25)10-27-23)41(35,36)32-24-31-30-20(18-6-5-7-39-18)34(24)19-21(37-3)28-13-29-22(19)38-4/h9-10,13-14,16-18H,5-8,11-12H2,1-4H3,(H,31,32)/t16-,17-,18?/m0/s1. The van der Waals surface area contributed by atoms with Crippen LogP contribution in [-0.2, 0) is 19.5 Å². The van der Waals surface area contributed by atoms with Crippen LogP contribution in [0.25, 0.3) is 5.69 Å². The zero-order valence-corrected chi connectivity index (χ0v) is 23.9. The predicted molar refractivity (Wildman–Crippen MR) is 143 cm³/mol. The van der Waals surface area contributed by atoms with Crippen LogP contribution in [0.15, 0.2) is 18.7 Å². The van der Waals surface area contributed by atoms with Crippen LogP contribution < -0.4 is 19.1 Å². The van der Waals surface area contributed by atoms with Crippen molar-refractivity contribution < 1.29 is 31.8 Å². The maximum absolute atomic E-state index is 13.9. The van der Waals surface area contributed by atoms with Crippen LogP contribution in [0.5, 0.6) is 11.8 Å². The third-order valence-electron chi connectivity index (χ3n) is 6.67. The van der Waals surface area contributed by atoms with Crippen molar-refractivity contribution in [2.75, 3.05) is 43.5 Å². The summed E-state index contributed by atoms with van der Waals surface area (Å²) in [7, 11) is -1.27. The maximum atomic E-state index is 13.9. The molecular weight excluding hydrogens is 561 g/mol. The van der Waals surface area contributed by atoms with E-state index in [1.54, 1.807) is 4.90 Å². The van der Waals surface area contributed by atoms with Crippen LogP contribution in [0.4, 0.5) is 16.3 Å². The van der Waals surface area contributed by atoms with Crippen LogP contribution in [0.3, 0.4) is 0 Å². The number of hydrogen-bond donors (Lipinski definition) is 1. The molecule has 1 unspecified atom stereocenters. The molecule has 2 aliphatic rings. The number of rotatable bonds is 10. The van der Waals surface area contributed by atoms with Crippen molar-refractivity contribution in [3.8, 4) is 17.4 Å². The molecule has 0 aliphatic carbocycles. The van der Waals surface area contributed by atoms with Gasteiger partial charge in [0.05, 0.1) is 38.8 Å². The van der Waals surface area contributed by atoms with Crippen molar-refractivity contribution in [2.45, 2.75) is 56.7 Å². The van der Waals surface area contributed by atoms with Crippen molar-refractivity contribution in [1.29, 1.82) is 0 Å². The summed E-state index contributed by atoms with van der Waals surface area (Å²) in [6.45, 7) is 4.64. The fraction of sp³-hybridized carbons (Fsp3) is 0.583. The Bertz CT molecular complexity index is 1430. The molecule has 41 heavy (non-hydrogen) atoms. The molecule has 5 rings (SSSR count). The van der Waals surface area contributed by atoms with E-state index in [1.807, 2.05) is 13.8 Å². The van der Waals surface area contributed by atoms with E-state index in [-0.39, 0.29) is 48.4 Å². The van der Waals surface area contributed by atoms with Gasteiger partial charge >= 0.3 is 0 Å². The molecule has 0 aromatic carbocycles. The van der Waals surface area contributed by atoms with Crippen molar-refractivity contribution >= 4 is 21.9 Å². The lowest BCUT2D eigenvalue weighted by Gasteiger charge is -2.37. The van der Waals surface area contributed by atoms with Crippen LogP contribution in [0.2, 0.25) is 0 Å². The highest BCUT2D eigenvalue weighted by molar-refractivity contribution is 7.93. The minimum Gasteiger partial charge on any atom is -0.479 e. The Labute approximate surface area is 236 Å². The first-order chi connectivity index (χ1) is 19.7. The molecule has 3 aromatic heterocycles. The molecule has 0 spiro atoms. The Hall–Kier alpha value is -3.70. The van der Waals surface area contributed by atoms with Crippen molar-refractivity contribution in [1.82, 2.24) is 34.7 Å². The van der Waals surface area contributed by atoms with Gasteiger partial charge < -0.3 is 23.8 Å². The summed E-state index contributed by atoms with van der Waals surface area (Å²) in [6, 6.07) is 0. The zero-order chi connectivity index (χ0) is 29.1. The molecule has 3 atom stereocenters. The molecule has 2 saturated heterocycles. The number of nitrogens with one attached hydrogen (secondary N) is 1. The highest BCUT2D eigenvalue weighted by Gasteiger charge is 2.39. The first kappa shape index (κ1) is 28.8. The lowest BCUT2D eigenvalue weighted by Crippen LogP contribution is -2.51. The fourth-order valence-corrected chi connectivity index (χ4v) is 6.37. The highest BCUT2D eigenvalue weighted by atomic mass is 32.2. The number of ether oxygens (including phenoxy) is 4. The Morgan fingerprint density at radius 3 is 2.39 bits per heavy atom. The van der Waals surface area contributed by atoms with Crippen LogP contribution in [0.1, 0.15) is 45.0 Å². The Balaban J connectivity index is 1.52. The third kappa shape index (κ3) is 6.15. The molecule has 0 radical (unpaired) electrons. The van der Waals surface area contributed by atoms with Crippen LogP contribution in [-0.4, -0.2) is 94.5 Å². The number of piperidine rings is 1. The van der Waals surface area contributed by atoms with Gasteiger partial charge in [-0.1, -0.05) is 0 Å². The number of halogens is 1. The fourth-order valence-electron chi connectivity index (χ4n) is 4.97. The molecule has 2 aliphatic heterocycles. The lowest BCUT2D eigenvalue weighted by atomic mass is 10.1. The number of methoxy groups -OCH3 is 2. The molecule has 222 valence electrons. The van der Waals surface area contributed by atoms with E-state index in [9.17, 15) is 12.8 Å². The average Bonchev–Trinajstić information content (AvgIpc) is 3.62. The summed E-state index contributed by atoms with van der Waals surface area (Å²) in [5.41, 5.74) is 0.219. The van der Waals surface area contributed by atoms with Crippen LogP contribution in [0, 0.1) is 5.82 Å². The van der Waals surface area contributed by atoms with Crippen molar-refractivity contribution in [3.05, 3.63) is 30.4 Å². The molecule has 0 amide bonds. The van der Waals surface area contributed by atoms with Gasteiger partial charge in [0.1, 0.15) is 17.7 Å². The number of sulfonamides is 1. The SMILES string of the molecule is COc1ncnc(OC)c1-n1c(NS(=O)(=O)[C@H]2C[C@H](OC(C)C)CN(c3ncc(F)cn3)C2)nnc1C1CCCO1. The Morgan fingerprint density at radius 2 is 1.78 bits per heavy atom. The van der Waals surface area contributed by atoms with Gasteiger partial charge in [0, 0.05) is 19.7 Å². The second kappa shape index (κ2) is 12.0. The minimum absolute atomic E-state index is 0.0345. The maximum Gasteiger partial charge on any atom is 0.245 e. The molecule has 1 N–H and O–H groups in total. The van der Waals surface area contributed by atoms with E-state index in [1.165, 1.54) is 25.1 Å². The quantitative estimate of drug-likeness (QED) is 0.361. The van der Waals surface area contributed by atoms with E-state index in [0.717, 1.165) is 18.8 Å². The summed E-state index contributed by atoms with van der Waals surface area (Å²) >= 11 is 0. The van der Waals surface area contributed by atoms with Gasteiger partial charge in [-0.05, 0) is 33.1 Å². The normalized spacial score (nSPS) is 21.3. The van der Waals surface area contributed by atoms with Gasteiger partial charge in [-0.2, -0.15) is 9.97 Å². The van der Waals surface area contributed by atoms with Gasteiger partial charge in [0.25, 0.3) is 0 Å². The highest BCUT2D eigenvalue weighted by Crippen LogP contribution is 2.37. The van der Waals surface area contributed by atoms with E-state index >= 15 is 0 Å². The predicted octanol–water partition coefficient (Wildman–Crippen LogP) is 1.67. The summed E-state index contributed by atoms with van der Waals surface area (Å²) in [6.07, 6.45) is 3.94. The average molecular weight is 594 g/mol. The van der Waals surface area contributed by atoms with E-state index in [2.05, 4.69) is 34.9 Å². The van der Waals surface area contributed by atoms with Gasteiger partial charge in [0.2, 0.25) is 33.7 Å². The summed E-state index contributed by atoms with van der Waals surface area (Å²) in [5, 5.41) is 7.50. The Kier molecular flexibility index (Phi) is 8.46. The second-order valence-corrected chi connectivity index (χ2v) is 11.8. The first-order valence-corrected chi connectivity index (χ1v) is 14.6. The first-order valence-electron chi connectivity index (χ1n) is 13.1. The second-order valence-electron chi connectivity index (χ2n) is 9.88. The topological polar surface area (TPSA) is 169 Å². The monoisotopic (exact) mass is 593 g/mol. The molecule has 15 nitrogen and oxygen atoms in total. The number of hydrogen-bond acceptors (Lipinski definition) is 13. The van der Waals surface area contributed by atoms with E-state index < -0.39 is 33.3 Å². The van der Waals surface area contributed by atoms with Crippen LogP contribution >= 0.6 is 0 Å². The molecule has 2 fully saturated rings. The Morgan fingerprint density at radius 1 is 1.07 bits per heavy atom. The van der Waals surface area contributed by atoms with E-state index in [4.69, 9.17) is 18.9 Å². The molecule has 5 heterocycles. The van der Waals surface area contributed by atoms with Gasteiger partial charge in [-0.25, -0.2) is 22.8 Å². The molecular formula is C24H32FN9O6S. The summed E-state index contributed by atoms with van der Waals surface area (Å²) < 4.78 is 68.2. The molecule has 0 saturated carbocycles. The third-order valence-corrected chi connectivity index (χ3v) is 8.36. The zero-order valence-electron chi connectivity index (χ0n) is 23.1. The van der Waals surface area contributed by atoms with Gasteiger partial charge in [-0.3, -0.25) is 9.29 Å². The summed E-state index contributed by atoms with van der Waals surface area (Å²) in [5.74, 6) is 0.0844. The number of anilines is 2. The van der Waals surface area contributed by atoms with Crippen molar-refractivity contribution in [3.63, 3.8) is 0 Å². The van der Waals surface area contributed by atoms with Gasteiger partial charge in [-0.15, -0.1) is 10.2 Å². The molecule has 3 aromatic rings. The largest absolute Gasteiger partial charge is 0.479 e. The number of nitrogens with zero attached hydrogens (tertiary/aromatic N) is 8. The molecule has 0 bridgehead atoms. The lowest BCUT2D eigenvalue weighted by molar-refractivity contribution is 0.00147. The number of aromatic nitrogens is 7. The van der Waals surface area contributed by atoms with E-state index in [0.29, 0.717) is 25.4 Å².